The first-order valence-electron chi connectivity index (χ1n) is 15.6. The van der Waals surface area contributed by atoms with Gasteiger partial charge in [-0.15, -0.1) is 0 Å². The van der Waals surface area contributed by atoms with Gasteiger partial charge in [-0.2, -0.15) is 0 Å². The van der Waals surface area contributed by atoms with Gasteiger partial charge in [-0.25, -0.2) is 19.9 Å². The quantitative estimate of drug-likeness (QED) is 0.196. The zero-order chi connectivity index (χ0) is 31.2. The predicted molar refractivity (Wildman–Crippen MR) is 190 cm³/mol. The van der Waals surface area contributed by atoms with Gasteiger partial charge in [0, 0.05) is 27.6 Å². The van der Waals surface area contributed by atoms with Crippen molar-refractivity contribution >= 4 is 33.0 Å². The third-order valence-corrected chi connectivity index (χ3v) is 8.54. The van der Waals surface area contributed by atoms with Crippen molar-refractivity contribution in [3.63, 3.8) is 0 Å². The molecule has 6 aromatic carbocycles. The smallest absolute Gasteiger partial charge is 0.164 e. The maximum absolute atomic E-state index is 6.66. The van der Waals surface area contributed by atoms with Crippen LogP contribution in [0.3, 0.4) is 0 Å². The van der Waals surface area contributed by atoms with Crippen molar-refractivity contribution in [2.24, 2.45) is 0 Å². The highest BCUT2D eigenvalue weighted by molar-refractivity contribution is 6.15. The summed E-state index contributed by atoms with van der Waals surface area (Å²) < 4.78 is 6.66. The van der Waals surface area contributed by atoms with E-state index in [9.17, 15) is 0 Å². The van der Waals surface area contributed by atoms with Crippen LogP contribution in [0.4, 0.5) is 0 Å². The molecule has 0 aliphatic rings. The van der Waals surface area contributed by atoms with Crippen molar-refractivity contribution in [3.05, 3.63) is 158 Å². The van der Waals surface area contributed by atoms with Gasteiger partial charge in [-0.05, 0) is 41.0 Å². The summed E-state index contributed by atoms with van der Waals surface area (Å²) in [6.45, 7) is 0. The molecule has 0 saturated carbocycles. The number of hydrogen-bond donors (Lipinski definition) is 0. The Bertz CT molecular complexity index is 2540. The molecule has 3 aromatic heterocycles. The Hall–Kier alpha value is -6.46. The van der Waals surface area contributed by atoms with E-state index in [2.05, 4.69) is 84.9 Å². The normalized spacial score (nSPS) is 11.4. The van der Waals surface area contributed by atoms with Crippen LogP contribution in [0.15, 0.2) is 162 Å². The maximum Gasteiger partial charge on any atom is 0.164 e. The molecule has 0 atom stereocenters. The summed E-state index contributed by atoms with van der Waals surface area (Å²) in [4.78, 5) is 20.3. The summed E-state index contributed by atoms with van der Waals surface area (Å²) in [6.07, 6.45) is 0. The zero-order valence-corrected chi connectivity index (χ0v) is 25.2. The fourth-order valence-electron chi connectivity index (χ4n) is 6.20. The molecule has 3 heterocycles. The van der Waals surface area contributed by atoms with E-state index in [0.717, 1.165) is 71.9 Å². The van der Waals surface area contributed by atoms with Gasteiger partial charge >= 0.3 is 0 Å². The number of benzene rings is 6. The van der Waals surface area contributed by atoms with Crippen molar-refractivity contribution in [3.8, 4) is 56.4 Å². The molecule has 0 amide bonds. The number of nitrogens with zero attached hydrogens (tertiary/aromatic N) is 4. The van der Waals surface area contributed by atoms with Gasteiger partial charge in [-0.3, -0.25) is 0 Å². The molecule has 0 bridgehead atoms. The number of fused-ring (bicyclic) bond motifs is 4. The molecule has 0 unspecified atom stereocenters. The summed E-state index contributed by atoms with van der Waals surface area (Å²) in [5, 5.41) is 1.90. The Kier molecular flexibility index (Phi) is 6.39. The highest BCUT2D eigenvalue weighted by atomic mass is 16.3. The van der Waals surface area contributed by atoms with Crippen molar-refractivity contribution < 1.29 is 4.42 Å². The number of furan rings is 1. The van der Waals surface area contributed by atoms with Crippen molar-refractivity contribution in [1.82, 2.24) is 19.9 Å². The van der Waals surface area contributed by atoms with E-state index in [4.69, 9.17) is 24.4 Å². The van der Waals surface area contributed by atoms with Crippen LogP contribution in [0.5, 0.6) is 0 Å². The molecule has 5 heteroatoms. The van der Waals surface area contributed by atoms with Crippen LogP contribution >= 0.6 is 0 Å². The zero-order valence-electron chi connectivity index (χ0n) is 25.2. The Morgan fingerprint density at radius 3 is 1.60 bits per heavy atom. The molecule has 220 valence electrons. The summed E-state index contributed by atoms with van der Waals surface area (Å²) in [5.74, 6) is 1.76. The van der Waals surface area contributed by atoms with Gasteiger partial charge in [0.15, 0.2) is 23.1 Å². The standard InChI is InChI=1S/C42H26N4O/c1-4-12-27(13-5-1)28-20-22-31(23-21-28)41-44-40(30-16-8-3-9-17-30)45-42(46-41)34-25-24-33(29-14-6-2-7-15-29)39-37(34)38-36(47-39)26-32-18-10-11-19-35(32)43-38/h1-26H. The summed E-state index contributed by atoms with van der Waals surface area (Å²) >= 11 is 0. The molecule has 0 radical (unpaired) electrons. The third-order valence-electron chi connectivity index (χ3n) is 8.54. The van der Waals surface area contributed by atoms with E-state index in [1.165, 1.54) is 0 Å². The van der Waals surface area contributed by atoms with E-state index in [1.54, 1.807) is 0 Å². The topological polar surface area (TPSA) is 64.7 Å². The minimum absolute atomic E-state index is 0.559. The lowest BCUT2D eigenvalue weighted by Gasteiger charge is -2.11. The SMILES string of the molecule is c1ccc(-c2ccc(-c3nc(-c4ccccc4)nc(-c4ccc(-c5ccccc5)c5oc6cc7ccccc7nc6c45)n3)cc2)cc1. The van der Waals surface area contributed by atoms with Gasteiger partial charge in [0.2, 0.25) is 0 Å². The lowest BCUT2D eigenvalue weighted by atomic mass is 9.99. The molecular weight excluding hydrogens is 576 g/mol. The number of aromatic nitrogens is 4. The predicted octanol–water partition coefficient (Wildman–Crippen LogP) is 10.7. The molecule has 0 spiro atoms. The fraction of sp³-hybridized carbons (Fsp3) is 0. The van der Waals surface area contributed by atoms with Crippen molar-refractivity contribution in [2.45, 2.75) is 0 Å². The lowest BCUT2D eigenvalue weighted by Crippen LogP contribution is -2.00. The molecule has 9 aromatic rings. The second kappa shape index (κ2) is 11.2. The number of rotatable bonds is 5. The first-order valence-corrected chi connectivity index (χ1v) is 15.6. The number of hydrogen-bond acceptors (Lipinski definition) is 5. The Morgan fingerprint density at radius 2 is 0.894 bits per heavy atom. The van der Waals surface area contributed by atoms with Gasteiger partial charge in [-0.1, -0.05) is 133 Å². The van der Waals surface area contributed by atoms with Crippen LogP contribution in [0.1, 0.15) is 0 Å². The van der Waals surface area contributed by atoms with E-state index < -0.39 is 0 Å². The molecule has 5 nitrogen and oxygen atoms in total. The van der Waals surface area contributed by atoms with Gasteiger partial charge in [0.1, 0.15) is 11.1 Å². The monoisotopic (exact) mass is 602 g/mol. The molecule has 0 aliphatic carbocycles. The van der Waals surface area contributed by atoms with Crippen LogP contribution in [0.2, 0.25) is 0 Å². The van der Waals surface area contributed by atoms with Crippen LogP contribution in [0, 0.1) is 0 Å². The van der Waals surface area contributed by atoms with Crippen LogP contribution in [0.25, 0.3) is 89.4 Å². The number of pyridine rings is 1. The second-order valence-corrected chi connectivity index (χ2v) is 11.5. The minimum atomic E-state index is 0.559. The van der Waals surface area contributed by atoms with Crippen molar-refractivity contribution in [2.75, 3.05) is 0 Å². The Morgan fingerprint density at radius 1 is 0.383 bits per heavy atom. The third kappa shape index (κ3) is 4.82. The van der Waals surface area contributed by atoms with Gasteiger partial charge in [0.25, 0.3) is 0 Å². The molecule has 9 rings (SSSR count). The molecule has 0 N–H and O–H groups in total. The van der Waals surface area contributed by atoms with E-state index >= 15 is 0 Å². The maximum atomic E-state index is 6.66. The molecule has 0 saturated heterocycles. The largest absolute Gasteiger partial charge is 0.454 e. The fourth-order valence-corrected chi connectivity index (χ4v) is 6.20. The summed E-state index contributed by atoms with van der Waals surface area (Å²) in [5.41, 5.74) is 10.2. The first-order chi connectivity index (χ1) is 23.3. The first kappa shape index (κ1) is 26.9. The van der Waals surface area contributed by atoms with Gasteiger partial charge in [0.05, 0.1) is 10.9 Å². The average Bonchev–Trinajstić information content (AvgIpc) is 3.53. The highest BCUT2D eigenvalue weighted by Gasteiger charge is 2.22. The van der Waals surface area contributed by atoms with Crippen LogP contribution in [-0.4, -0.2) is 19.9 Å². The minimum Gasteiger partial charge on any atom is -0.454 e. The van der Waals surface area contributed by atoms with E-state index in [-0.39, 0.29) is 0 Å². The van der Waals surface area contributed by atoms with Crippen molar-refractivity contribution in [1.29, 1.82) is 0 Å². The van der Waals surface area contributed by atoms with E-state index in [1.807, 2.05) is 72.8 Å². The Labute approximate surface area is 270 Å². The number of para-hydroxylation sites is 1. The van der Waals surface area contributed by atoms with Crippen LogP contribution in [-0.2, 0) is 0 Å². The second-order valence-electron chi connectivity index (χ2n) is 11.5. The average molecular weight is 603 g/mol. The van der Waals surface area contributed by atoms with Gasteiger partial charge < -0.3 is 4.42 Å². The van der Waals surface area contributed by atoms with E-state index in [0.29, 0.717) is 17.5 Å². The summed E-state index contributed by atoms with van der Waals surface area (Å²) in [6, 6.07) is 53.4. The molecular formula is C42H26N4O. The molecule has 0 aliphatic heterocycles. The molecule has 47 heavy (non-hydrogen) atoms. The summed E-state index contributed by atoms with van der Waals surface area (Å²) in [7, 11) is 0. The Balaban J connectivity index is 1.30. The molecule has 0 fully saturated rings. The highest BCUT2D eigenvalue weighted by Crippen LogP contribution is 2.41. The lowest BCUT2D eigenvalue weighted by molar-refractivity contribution is 0.670. The van der Waals surface area contributed by atoms with Crippen LogP contribution < -0.4 is 0 Å².